The van der Waals surface area contributed by atoms with Crippen molar-refractivity contribution in [2.24, 2.45) is 0 Å². The van der Waals surface area contributed by atoms with Crippen LogP contribution in [0.5, 0.6) is 0 Å². The topological polar surface area (TPSA) is 54.4 Å². The molecule has 0 saturated carbocycles. The van der Waals surface area contributed by atoms with Gasteiger partial charge in [-0.3, -0.25) is 4.79 Å². The predicted molar refractivity (Wildman–Crippen MR) is 138 cm³/mol. The molecule has 32 heavy (non-hydrogen) atoms. The number of carbonyl (C=O) groups is 2. The van der Waals surface area contributed by atoms with Crippen LogP contribution in [0.3, 0.4) is 0 Å². The molecule has 0 aliphatic rings. The van der Waals surface area contributed by atoms with Gasteiger partial charge in [-0.15, -0.1) is 0 Å². The Kier molecular flexibility index (Phi) is 17.2. The van der Waals surface area contributed by atoms with Crippen LogP contribution in [0.25, 0.3) is 0 Å². The van der Waals surface area contributed by atoms with E-state index in [1.54, 1.807) is 6.92 Å². The van der Waals surface area contributed by atoms with Crippen molar-refractivity contribution in [3.63, 3.8) is 0 Å². The third kappa shape index (κ3) is 19.8. The van der Waals surface area contributed by atoms with Crippen molar-refractivity contribution in [1.82, 2.24) is 0 Å². The molecule has 1 N–H and O–H groups in total. The normalized spacial score (nSPS) is 14.1. The standard InChI is InChI=1S/C29H46O3/c1-23(14-8-16-25(3)18-10-20-27(5)22-29(31)32)12-7-13-24(2)15-9-17-26(4)19-11-21-28(6)30/h12,15-16,19-20H,7-11,13-14,17-18,21-22H2,1-6H3,(H,31,32). The molecule has 0 rings (SSSR count). The number of ketones is 1. The quantitative estimate of drug-likeness (QED) is 0.229. The lowest BCUT2D eigenvalue weighted by Gasteiger charge is -2.03. The second-order valence-electron chi connectivity index (χ2n) is 9.22. The molecule has 0 heterocycles. The Morgan fingerprint density at radius 2 is 0.781 bits per heavy atom. The van der Waals surface area contributed by atoms with Crippen molar-refractivity contribution in [3.05, 3.63) is 58.2 Å². The number of carboxylic acid groups (broad SMARTS) is 1. The molecule has 0 aliphatic carbocycles. The molecule has 0 aliphatic heterocycles. The molecule has 0 saturated heterocycles. The van der Waals surface area contributed by atoms with Crippen molar-refractivity contribution < 1.29 is 14.7 Å². The lowest BCUT2D eigenvalue weighted by Crippen LogP contribution is -1.94. The van der Waals surface area contributed by atoms with Crippen LogP contribution in [0, 0.1) is 0 Å². The summed E-state index contributed by atoms with van der Waals surface area (Å²) in [7, 11) is 0. The highest BCUT2D eigenvalue weighted by Gasteiger charge is 1.98. The Balaban J connectivity index is 4.12. The van der Waals surface area contributed by atoms with Crippen LogP contribution in [-0.2, 0) is 9.59 Å². The fraction of sp³-hybridized carbons (Fsp3) is 0.586. The number of hydrogen-bond donors (Lipinski definition) is 1. The van der Waals surface area contributed by atoms with Gasteiger partial charge in [0.15, 0.2) is 0 Å². The Hall–Kier alpha value is -2.16. The van der Waals surface area contributed by atoms with Gasteiger partial charge >= 0.3 is 5.97 Å². The first-order valence-corrected chi connectivity index (χ1v) is 12.1. The Morgan fingerprint density at radius 3 is 1.06 bits per heavy atom. The molecule has 180 valence electrons. The van der Waals surface area contributed by atoms with Crippen LogP contribution < -0.4 is 0 Å². The summed E-state index contributed by atoms with van der Waals surface area (Å²) in [4.78, 5) is 21.7. The van der Waals surface area contributed by atoms with Gasteiger partial charge in [0, 0.05) is 6.42 Å². The van der Waals surface area contributed by atoms with E-state index in [9.17, 15) is 9.59 Å². The van der Waals surface area contributed by atoms with Gasteiger partial charge in [-0.25, -0.2) is 0 Å². The largest absolute Gasteiger partial charge is 0.481 e. The van der Waals surface area contributed by atoms with E-state index in [0.29, 0.717) is 6.42 Å². The lowest BCUT2D eigenvalue weighted by atomic mass is 10.0. The maximum absolute atomic E-state index is 11.0. The number of Topliss-reactive ketones (excluding diaryl/α,β-unsaturated/α-hetero) is 1. The molecular formula is C29H46O3. The molecule has 3 heteroatoms. The Labute approximate surface area is 197 Å². The van der Waals surface area contributed by atoms with Crippen molar-refractivity contribution in [3.8, 4) is 0 Å². The molecule has 0 spiro atoms. The zero-order chi connectivity index (χ0) is 24.4. The number of rotatable bonds is 17. The molecule has 0 amide bonds. The van der Waals surface area contributed by atoms with Crippen molar-refractivity contribution in [1.29, 1.82) is 0 Å². The SMILES string of the molecule is CC(=O)CCC=C(C)CCC=C(C)CCC=C(C)CCC=C(C)CCC=C(C)CC(=O)O. The van der Waals surface area contributed by atoms with Crippen molar-refractivity contribution >= 4 is 11.8 Å². The number of aliphatic carboxylic acids is 1. The summed E-state index contributed by atoms with van der Waals surface area (Å²) in [6.45, 7) is 12.3. The van der Waals surface area contributed by atoms with Crippen LogP contribution >= 0.6 is 0 Å². The summed E-state index contributed by atoms with van der Waals surface area (Å²) in [5.41, 5.74) is 6.59. The molecule has 3 nitrogen and oxygen atoms in total. The molecule has 0 bridgehead atoms. The second-order valence-corrected chi connectivity index (χ2v) is 9.22. The fourth-order valence-electron chi connectivity index (χ4n) is 3.43. The molecule has 0 aromatic rings. The number of allylic oxidation sites excluding steroid dienone is 9. The summed E-state index contributed by atoms with van der Waals surface area (Å²) in [5.74, 6) is -0.500. The summed E-state index contributed by atoms with van der Waals surface area (Å²) in [6.07, 6.45) is 21.4. The molecular weight excluding hydrogens is 396 g/mol. The van der Waals surface area contributed by atoms with Gasteiger partial charge in [0.25, 0.3) is 0 Å². The number of hydrogen-bond acceptors (Lipinski definition) is 2. The maximum atomic E-state index is 11.0. The minimum absolute atomic E-state index is 0.139. The molecule has 0 aromatic carbocycles. The van der Waals surface area contributed by atoms with Gasteiger partial charge in [0.1, 0.15) is 5.78 Å². The predicted octanol–water partition coefficient (Wildman–Crippen LogP) is 8.68. The monoisotopic (exact) mass is 442 g/mol. The first-order valence-electron chi connectivity index (χ1n) is 12.1. The maximum Gasteiger partial charge on any atom is 0.307 e. The zero-order valence-electron chi connectivity index (χ0n) is 21.4. The molecule has 0 fully saturated rings. The van der Waals surface area contributed by atoms with Crippen LogP contribution in [0.15, 0.2) is 58.2 Å². The Bertz CT molecular complexity index is 730. The average Bonchev–Trinajstić information content (AvgIpc) is 2.67. The van der Waals surface area contributed by atoms with Gasteiger partial charge in [-0.05, 0) is 99.3 Å². The van der Waals surface area contributed by atoms with E-state index < -0.39 is 5.97 Å². The van der Waals surface area contributed by atoms with Gasteiger partial charge in [-0.2, -0.15) is 0 Å². The van der Waals surface area contributed by atoms with Gasteiger partial charge in [0.2, 0.25) is 0 Å². The molecule has 0 unspecified atom stereocenters. The van der Waals surface area contributed by atoms with E-state index in [4.69, 9.17) is 5.11 Å². The zero-order valence-corrected chi connectivity index (χ0v) is 21.4. The van der Waals surface area contributed by atoms with Crippen LogP contribution in [-0.4, -0.2) is 16.9 Å². The van der Waals surface area contributed by atoms with E-state index in [0.717, 1.165) is 63.4 Å². The number of carbonyl (C=O) groups excluding carboxylic acids is 1. The van der Waals surface area contributed by atoms with Crippen LogP contribution in [0.4, 0.5) is 0 Å². The van der Waals surface area contributed by atoms with E-state index >= 15 is 0 Å². The third-order valence-electron chi connectivity index (χ3n) is 5.55. The highest BCUT2D eigenvalue weighted by molar-refractivity contribution is 5.75. The lowest BCUT2D eigenvalue weighted by molar-refractivity contribution is -0.136. The van der Waals surface area contributed by atoms with E-state index in [-0.39, 0.29) is 12.2 Å². The minimum Gasteiger partial charge on any atom is -0.481 e. The minimum atomic E-state index is -0.760. The first kappa shape index (κ1) is 29.8. The van der Waals surface area contributed by atoms with Crippen molar-refractivity contribution in [2.75, 3.05) is 0 Å². The highest BCUT2D eigenvalue weighted by Crippen LogP contribution is 2.15. The number of carboxylic acids is 1. The third-order valence-corrected chi connectivity index (χ3v) is 5.55. The highest BCUT2D eigenvalue weighted by atomic mass is 16.4. The van der Waals surface area contributed by atoms with Gasteiger partial charge in [-0.1, -0.05) is 58.2 Å². The molecule has 0 radical (unpaired) electrons. The summed E-state index contributed by atoms with van der Waals surface area (Å²) < 4.78 is 0. The summed E-state index contributed by atoms with van der Waals surface area (Å²) in [5, 5.41) is 8.78. The second kappa shape index (κ2) is 18.4. The summed E-state index contributed by atoms with van der Waals surface area (Å²) >= 11 is 0. The van der Waals surface area contributed by atoms with Crippen LogP contribution in [0.2, 0.25) is 0 Å². The summed E-state index contributed by atoms with van der Waals surface area (Å²) in [6, 6.07) is 0. The van der Waals surface area contributed by atoms with Crippen molar-refractivity contribution in [2.45, 2.75) is 112 Å². The molecule has 0 atom stereocenters. The molecule has 0 aromatic heterocycles. The first-order chi connectivity index (χ1) is 15.1. The van der Waals surface area contributed by atoms with E-state index in [1.165, 1.54) is 22.3 Å². The smallest absolute Gasteiger partial charge is 0.307 e. The Morgan fingerprint density at radius 1 is 0.500 bits per heavy atom. The van der Waals surface area contributed by atoms with Crippen LogP contribution in [0.1, 0.15) is 112 Å². The average molecular weight is 443 g/mol. The van der Waals surface area contributed by atoms with Gasteiger partial charge < -0.3 is 9.90 Å². The van der Waals surface area contributed by atoms with Gasteiger partial charge in [0.05, 0.1) is 6.42 Å². The van der Waals surface area contributed by atoms with E-state index in [2.05, 4.69) is 52.0 Å². The van der Waals surface area contributed by atoms with E-state index in [1.807, 2.05) is 13.0 Å². The fourth-order valence-corrected chi connectivity index (χ4v) is 3.43.